The highest BCUT2D eigenvalue weighted by Gasteiger charge is 2.36. The van der Waals surface area contributed by atoms with E-state index in [1.54, 1.807) is 31.6 Å². The highest BCUT2D eigenvalue weighted by molar-refractivity contribution is 7.68. The molecule has 0 saturated carbocycles. The molecule has 0 fully saturated rings. The van der Waals surface area contributed by atoms with E-state index in [0.29, 0.717) is 0 Å². The Morgan fingerprint density at radius 2 is 1.10 bits per heavy atom. The fourth-order valence-electron chi connectivity index (χ4n) is 0.957. The SMILES string of the molecule is CC[Si](C)([SiH3])[Si](C)([SiH3])CC. The van der Waals surface area contributed by atoms with Crippen molar-refractivity contribution in [2.45, 2.75) is 39.0 Å². The predicted molar refractivity (Wildman–Crippen MR) is 64.1 cm³/mol. The second kappa shape index (κ2) is 3.51. The Labute approximate surface area is 73.0 Å². The lowest BCUT2D eigenvalue weighted by Gasteiger charge is -2.37. The Morgan fingerprint density at radius 3 is 1.20 bits per heavy atom. The molecular formula is C6H22Si4. The first-order chi connectivity index (χ1) is 4.37. The largest absolute Gasteiger partial charge is 0.0739 e. The topological polar surface area (TPSA) is 0 Å². The van der Waals surface area contributed by atoms with Gasteiger partial charge in [-0.1, -0.05) is 39.0 Å². The van der Waals surface area contributed by atoms with Gasteiger partial charge in [-0.05, 0) is 19.5 Å². The smallest absolute Gasteiger partial charge is 0.0249 e. The molecule has 0 aromatic rings. The minimum atomic E-state index is -0.565. The van der Waals surface area contributed by atoms with Crippen molar-refractivity contribution in [3.8, 4) is 0 Å². The zero-order valence-electron chi connectivity index (χ0n) is 8.41. The first-order valence-corrected chi connectivity index (χ1v) is 17.8. The lowest BCUT2D eigenvalue weighted by atomic mass is 11.0. The summed E-state index contributed by atoms with van der Waals surface area (Å²) in [6, 6.07) is 3.14. The number of hydrogen-bond acceptors (Lipinski definition) is 0. The third-order valence-electron chi connectivity index (χ3n) is 3.60. The molecule has 62 valence electrons. The molecule has 10 heavy (non-hydrogen) atoms. The van der Waals surface area contributed by atoms with E-state index in [1.165, 1.54) is 0 Å². The molecule has 0 rings (SSSR count). The van der Waals surface area contributed by atoms with Crippen molar-refractivity contribution in [3.05, 3.63) is 0 Å². The molecule has 0 radical (unpaired) electrons. The van der Waals surface area contributed by atoms with Crippen LogP contribution in [0.15, 0.2) is 0 Å². The fourth-order valence-corrected chi connectivity index (χ4v) is 15.0. The monoisotopic (exact) mass is 206 g/mol. The van der Waals surface area contributed by atoms with Gasteiger partial charge in [0.15, 0.2) is 0 Å². The van der Waals surface area contributed by atoms with E-state index in [1.807, 2.05) is 0 Å². The fraction of sp³-hybridized carbons (Fsp3) is 1.00. The van der Waals surface area contributed by atoms with E-state index in [2.05, 4.69) is 26.9 Å². The van der Waals surface area contributed by atoms with Crippen LogP contribution in [0.2, 0.25) is 25.2 Å². The summed E-state index contributed by atoms with van der Waals surface area (Å²) < 4.78 is 0. The quantitative estimate of drug-likeness (QED) is 0.570. The van der Waals surface area contributed by atoms with E-state index in [-0.39, 0.29) is 0 Å². The minimum absolute atomic E-state index is 0.565. The second-order valence-corrected chi connectivity index (χ2v) is 40.8. The van der Waals surface area contributed by atoms with Crippen molar-refractivity contribution in [3.63, 3.8) is 0 Å². The Kier molecular flexibility index (Phi) is 3.81. The van der Waals surface area contributed by atoms with E-state index >= 15 is 0 Å². The highest BCUT2D eigenvalue weighted by Crippen LogP contribution is 2.19. The van der Waals surface area contributed by atoms with E-state index < -0.39 is 14.2 Å². The van der Waals surface area contributed by atoms with Gasteiger partial charge in [-0.15, -0.1) is 0 Å². The van der Waals surface area contributed by atoms with Crippen molar-refractivity contribution in [1.82, 2.24) is 0 Å². The molecule has 0 N–H and O–H groups in total. The number of hydrogen-bond donors (Lipinski definition) is 0. The van der Waals surface area contributed by atoms with Gasteiger partial charge in [0.25, 0.3) is 0 Å². The summed E-state index contributed by atoms with van der Waals surface area (Å²) in [5.41, 5.74) is 0. The lowest BCUT2D eigenvalue weighted by Crippen LogP contribution is -2.60. The molecule has 0 heterocycles. The lowest BCUT2D eigenvalue weighted by molar-refractivity contribution is 1.38. The van der Waals surface area contributed by atoms with Crippen LogP contribution in [0.25, 0.3) is 0 Å². The Morgan fingerprint density at radius 1 is 0.900 bits per heavy atom. The zero-order chi connectivity index (χ0) is 8.41. The summed E-state index contributed by atoms with van der Waals surface area (Å²) >= 11 is 0. The predicted octanol–water partition coefficient (Wildman–Crippen LogP) is -0.0140. The van der Waals surface area contributed by atoms with E-state index in [0.717, 1.165) is 0 Å². The summed E-state index contributed by atoms with van der Waals surface area (Å²) in [5, 5.41) is 0. The molecule has 2 unspecified atom stereocenters. The first-order valence-electron chi connectivity index (χ1n) is 4.37. The van der Waals surface area contributed by atoms with E-state index in [9.17, 15) is 0 Å². The van der Waals surface area contributed by atoms with Crippen LogP contribution in [-0.2, 0) is 0 Å². The van der Waals surface area contributed by atoms with Gasteiger partial charge in [-0.2, -0.15) is 0 Å². The van der Waals surface area contributed by atoms with Gasteiger partial charge >= 0.3 is 0 Å². The summed E-state index contributed by atoms with van der Waals surface area (Å²) in [6.45, 7) is 10.2. The molecule has 0 aliphatic carbocycles. The van der Waals surface area contributed by atoms with Crippen molar-refractivity contribution in [2.24, 2.45) is 0 Å². The maximum Gasteiger partial charge on any atom is 0.0249 e. The van der Waals surface area contributed by atoms with Gasteiger partial charge in [-0.3, -0.25) is 0 Å². The van der Waals surface area contributed by atoms with Crippen LogP contribution in [0.3, 0.4) is 0 Å². The minimum Gasteiger partial charge on any atom is -0.0739 e. The molecule has 0 bridgehead atoms. The molecule has 0 aromatic heterocycles. The summed E-state index contributed by atoms with van der Waals surface area (Å²) in [5.74, 6) is 0. The van der Waals surface area contributed by atoms with Crippen LogP contribution in [0.4, 0.5) is 0 Å². The van der Waals surface area contributed by atoms with E-state index in [4.69, 9.17) is 0 Å². The summed E-state index contributed by atoms with van der Waals surface area (Å²) in [6.07, 6.45) is 0. The molecule has 0 aromatic carbocycles. The first kappa shape index (κ1) is 10.9. The summed E-state index contributed by atoms with van der Waals surface area (Å²) in [7, 11) is 1.97. The van der Waals surface area contributed by atoms with Crippen LogP contribution in [0.1, 0.15) is 13.8 Å². The van der Waals surface area contributed by atoms with Crippen LogP contribution >= 0.6 is 0 Å². The molecule has 0 amide bonds. The van der Waals surface area contributed by atoms with Crippen molar-refractivity contribution >= 4 is 33.7 Å². The Hall–Kier alpha value is 0.868. The third-order valence-corrected chi connectivity index (χ3v) is 61.5. The molecule has 0 aliphatic heterocycles. The summed E-state index contributed by atoms with van der Waals surface area (Å²) in [4.78, 5) is 0. The molecule has 0 spiro atoms. The Bertz CT molecular complexity index is 94.3. The molecule has 0 aliphatic rings. The van der Waals surface area contributed by atoms with Gasteiger partial charge in [0, 0.05) is 14.2 Å². The molecule has 4 heteroatoms. The van der Waals surface area contributed by atoms with Gasteiger partial charge in [0.2, 0.25) is 0 Å². The van der Waals surface area contributed by atoms with Gasteiger partial charge < -0.3 is 0 Å². The van der Waals surface area contributed by atoms with Gasteiger partial charge in [0.1, 0.15) is 0 Å². The van der Waals surface area contributed by atoms with Crippen LogP contribution in [-0.4, -0.2) is 33.7 Å². The van der Waals surface area contributed by atoms with Crippen LogP contribution in [0.5, 0.6) is 0 Å². The van der Waals surface area contributed by atoms with Gasteiger partial charge in [0.05, 0.1) is 0 Å². The maximum absolute atomic E-state index is 2.65. The highest BCUT2D eigenvalue weighted by atomic mass is 29.8. The Balaban J connectivity index is 4.28. The average molecular weight is 207 g/mol. The van der Waals surface area contributed by atoms with Crippen LogP contribution in [0, 0.1) is 0 Å². The number of rotatable bonds is 3. The van der Waals surface area contributed by atoms with Crippen molar-refractivity contribution < 1.29 is 0 Å². The zero-order valence-corrected chi connectivity index (χ0v) is 14.4. The maximum atomic E-state index is 2.65. The average Bonchev–Trinajstić information content (AvgIpc) is 1.88. The third kappa shape index (κ3) is 2.18. The van der Waals surface area contributed by atoms with Crippen LogP contribution < -0.4 is 0 Å². The van der Waals surface area contributed by atoms with Crippen molar-refractivity contribution in [1.29, 1.82) is 0 Å². The molecule has 2 atom stereocenters. The van der Waals surface area contributed by atoms with Crippen molar-refractivity contribution in [2.75, 3.05) is 0 Å². The second-order valence-electron chi connectivity index (χ2n) is 4.47. The molecule has 0 saturated heterocycles. The normalized spacial score (nSPS) is 24.0. The molecular weight excluding hydrogens is 184 g/mol. The standard InChI is InChI=1S/C6H22Si4/c1-5-9(3,7)10(4,8)6-2/h5-6H2,1-4,7-8H3. The molecule has 0 nitrogen and oxygen atoms in total. The van der Waals surface area contributed by atoms with Gasteiger partial charge in [-0.25, -0.2) is 0 Å².